The molecule has 0 fully saturated rings. The Morgan fingerprint density at radius 3 is 2.58 bits per heavy atom. The van der Waals surface area contributed by atoms with E-state index in [0.717, 1.165) is 16.5 Å². The third-order valence-electron chi connectivity index (χ3n) is 5.08. The first-order valence-corrected chi connectivity index (χ1v) is 10.6. The smallest absolute Gasteiger partial charge is 0.413 e. The van der Waals surface area contributed by atoms with Crippen LogP contribution in [-0.2, 0) is 11.2 Å². The van der Waals surface area contributed by atoms with Crippen LogP contribution >= 0.6 is 11.6 Å². The molecule has 0 saturated heterocycles. The van der Waals surface area contributed by atoms with Crippen LogP contribution in [-0.4, -0.2) is 30.1 Å². The summed E-state index contributed by atoms with van der Waals surface area (Å²) in [6.45, 7) is 0. The molecule has 1 heterocycles. The second-order valence-electron chi connectivity index (χ2n) is 7.30. The van der Waals surface area contributed by atoms with Crippen molar-refractivity contribution in [1.82, 2.24) is 10.3 Å². The van der Waals surface area contributed by atoms with Crippen molar-refractivity contribution in [1.29, 1.82) is 0 Å². The number of aromatic amines is 1. The standard InChI is InChI=1S/C25H22ClN3O4/c1-32-23-12-11-17(26)14-21(23)28-24(30)22(29-25(31)33-18-7-3-2-4-8-18)13-16-15-27-20-10-6-5-9-19(16)20/h2-12,14-15,22,27H,13H2,1H3,(H,28,30)(H,29,31)/t22-/m0/s1. The molecular weight excluding hydrogens is 442 g/mol. The molecule has 0 saturated carbocycles. The van der Waals surface area contributed by atoms with Crippen molar-refractivity contribution in [3.8, 4) is 11.5 Å². The Kier molecular flexibility index (Phi) is 6.80. The van der Waals surface area contributed by atoms with Gasteiger partial charge in [-0.2, -0.15) is 0 Å². The van der Waals surface area contributed by atoms with E-state index < -0.39 is 18.0 Å². The molecule has 0 aliphatic rings. The van der Waals surface area contributed by atoms with Crippen LogP contribution in [0, 0.1) is 0 Å². The van der Waals surface area contributed by atoms with E-state index in [1.54, 1.807) is 42.5 Å². The summed E-state index contributed by atoms with van der Waals surface area (Å²) in [5.74, 6) is 0.383. The number of halogens is 1. The Morgan fingerprint density at radius 2 is 1.79 bits per heavy atom. The number of rotatable bonds is 7. The number of hydrogen-bond donors (Lipinski definition) is 3. The molecule has 2 amide bonds. The SMILES string of the molecule is COc1ccc(Cl)cc1NC(=O)[C@H](Cc1c[nH]c2ccccc12)NC(=O)Oc1ccccc1. The molecule has 4 rings (SSSR count). The maximum Gasteiger partial charge on any atom is 0.413 e. The number of H-pyrrole nitrogens is 1. The molecule has 7 nitrogen and oxygen atoms in total. The van der Waals surface area contributed by atoms with Gasteiger partial charge in [-0.3, -0.25) is 4.79 Å². The predicted molar refractivity (Wildman–Crippen MR) is 128 cm³/mol. The number of amides is 2. The summed E-state index contributed by atoms with van der Waals surface area (Å²) in [4.78, 5) is 29.0. The second-order valence-corrected chi connectivity index (χ2v) is 7.73. The Hall–Kier alpha value is -3.97. The molecule has 168 valence electrons. The Labute approximate surface area is 195 Å². The Morgan fingerprint density at radius 1 is 1.03 bits per heavy atom. The lowest BCUT2D eigenvalue weighted by Crippen LogP contribution is -2.46. The number of benzene rings is 3. The molecule has 8 heteroatoms. The summed E-state index contributed by atoms with van der Waals surface area (Å²) < 4.78 is 10.6. The average molecular weight is 464 g/mol. The summed E-state index contributed by atoms with van der Waals surface area (Å²) in [6.07, 6.45) is 1.33. The van der Waals surface area contributed by atoms with Crippen molar-refractivity contribution in [2.45, 2.75) is 12.5 Å². The number of hydrogen-bond acceptors (Lipinski definition) is 4. The molecule has 33 heavy (non-hydrogen) atoms. The van der Waals surface area contributed by atoms with Crippen LogP contribution in [0.3, 0.4) is 0 Å². The van der Waals surface area contributed by atoms with E-state index in [9.17, 15) is 9.59 Å². The minimum atomic E-state index is -0.927. The Bertz CT molecular complexity index is 1270. The van der Waals surface area contributed by atoms with Gasteiger partial charge in [0.1, 0.15) is 17.5 Å². The monoisotopic (exact) mass is 463 g/mol. The maximum atomic E-state index is 13.3. The molecule has 1 aromatic heterocycles. The fraction of sp³-hybridized carbons (Fsp3) is 0.120. The summed E-state index contributed by atoms with van der Waals surface area (Å²) in [5.41, 5.74) is 2.22. The van der Waals surface area contributed by atoms with E-state index in [-0.39, 0.29) is 6.42 Å². The van der Waals surface area contributed by atoms with Crippen LogP contribution in [0.2, 0.25) is 5.02 Å². The predicted octanol–water partition coefficient (Wildman–Crippen LogP) is 5.17. The molecule has 0 unspecified atom stereocenters. The van der Waals surface area contributed by atoms with Crippen LogP contribution in [0.25, 0.3) is 10.9 Å². The zero-order valence-electron chi connectivity index (χ0n) is 17.8. The zero-order valence-corrected chi connectivity index (χ0v) is 18.6. The fourth-order valence-corrected chi connectivity index (χ4v) is 3.67. The summed E-state index contributed by atoms with van der Waals surface area (Å²) in [6, 6.07) is 20.4. The largest absolute Gasteiger partial charge is 0.495 e. The molecule has 0 aliphatic heterocycles. The molecule has 3 N–H and O–H groups in total. The van der Waals surface area contributed by atoms with Gasteiger partial charge >= 0.3 is 6.09 Å². The summed E-state index contributed by atoms with van der Waals surface area (Å²) >= 11 is 6.09. The molecule has 3 aromatic carbocycles. The van der Waals surface area contributed by atoms with Gasteiger partial charge in [0.05, 0.1) is 12.8 Å². The zero-order chi connectivity index (χ0) is 23.2. The minimum absolute atomic E-state index is 0.239. The van der Waals surface area contributed by atoms with Gasteiger partial charge in [-0.25, -0.2) is 4.79 Å². The number of fused-ring (bicyclic) bond motifs is 1. The minimum Gasteiger partial charge on any atom is -0.495 e. The van der Waals surface area contributed by atoms with E-state index in [0.29, 0.717) is 22.2 Å². The van der Waals surface area contributed by atoms with E-state index in [1.165, 1.54) is 7.11 Å². The summed E-state index contributed by atoms with van der Waals surface area (Å²) in [5, 5.41) is 6.89. The van der Waals surface area contributed by atoms with Gasteiger partial charge in [0.25, 0.3) is 0 Å². The first-order chi connectivity index (χ1) is 16.0. The number of carbonyl (C=O) groups excluding carboxylic acids is 2. The molecule has 1 atom stereocenters. The van der Waals surface area contributed by atoms with Crippen molar-refractivity contribution in [3.63, 3.8) is 0 Å². The lowest BCUT2D eigenvalue weighted by atomic mass is 10.0. The molecule has 0 spiro atoms. The van der Waals surface area contributed by atoms with Gasteiger partial charge in [0, 0.05) is 28.5 Å². The lowest BCUT2D eigenvalue weighted by molar-refractivity contribution is -0.118. The highest BCUT2D eigenvalue weighted by Crippen LogP contribution is 2.28. The highest BCUT2D eigenvalue weighted by atomic mass is 35.5. The van der Waals surface area contributed by atoms with Crippen LogP contribution in [0.1, 0.15) is 5.56 Å². The van der Waals surface area contributed by atoms with E-state index in [4.69, 9.17) is 21.1 Å². The third kappa shape index (κ3) is 5.45. The maximum absolute atomic E-state index is 13.3. The van der Waals surface area contributed by atoms with Crippen molar-refractivity contribution in [2.24, 2.45) is 0 Å². The normalized spacial score (nSPS) is 11.6. The molecule has 4 aromatic rings. The van der Waals surface area contributed by atoms with Gasteiger partial charge in [0.15, 0.2) is 0 Å². The van der Waals surface area contributed by atoms with E-state index >= 15 is 0 Å². The highest BCUT2D eigenvalue weighted by molar-refractivity contribution is 6.31. The number of carbonyl (C=O) groups is 2. The molecule has 0 bridgehead atoms. The van der Waals surface area contributed by atoms with Gasteiger partial charge < -0.3 is 25.1 Å². The molecule has 0 radical (unpaired) electrons. The van der Waals surface area contributed by atoms with Gasteiger partial charge in [-0.1, -0.05) is 48.0 Å². The molecular formula is C25H22ClN3O4. The van der Waals surface area contributed by atoms with E-state index in [1.807, 2.05) is 36.5 Å². The van der Waals surface area contributed by atoms with E-state index in [2.05, 4.69) is 15.6 Å². The van der Waals surface area contributed by atoms with Crippen molar-refractivity contribution < 1.29 is 19.1 Å². The number of para-hydroxylation sites is 2. The fourth-order valence-electron chi connectivity index (χ4n) is 3.49. The van der Waals surface area contributed by atoms with Gasteiger partial charge in [-0.05, 0) is 42.0 Å². The second kappa shape index (κ2) is 10.1. The van der Waals surface area contributed by atoms with Crippen molar-refractivity contribution in [2.75, 3.05) is 12.4 Å². The number of nitrogens with one attached hydrogen (secondary N) is 3. The van der Waals surface area contributed by atoms with Crippen LogP contribution in [0.4, 0.5) is 10.5 Å². The first-order valence-electron chi connectivity index (χ1n) is 10.3. The number of ether oxygens (including phenoxy) is 2. The van der Waals surface area contributed by atoms with Crippen molar-refractivity contribution >= 4 is 40.2 Å². The van der Waals surface area contributed by atoms with Crippen molar-refractivity contribution in [3.05, 3.63) is 89.6 Å². The highest BCUT2D eigenvalue weighted by Gasteiger charge is 2.25. The lowest BCUT2D eigenvalue weighted by Gasteiger charge is -2.19. The first kappa shape index (κ1) is 22.2. The molecule has 0 aliphatic carbocycles. The average Bonchev–Trinajstić information content (AvgIpc) is 3.22. The van der Waals surface area contributed by atoms with Crippen LogP contribution < -0.4 is 20.1 Å². The Balaban J connectivity index is 1.58. The summed E-state index contributed by atoms with van der Waals surface area (Å²) in [7, 11) is 1.50. The number of aromatic nitrogens is 1. The number of methoxy groups -OCH3 is 1. The number of anilines is 1. The quantitative estimate of drug-likeness (QED) is 0.352. The van der Waals surface area contributed by atoms with Crippen LogP contribution in [0.15, 0.2) is 79.0 Å². The third-order valence-corrected chi connectivity index (χ3v) is 5.32. The topological polar surface area (TPSA) is 92.5 Å². The van der Waals surface area contributed by atoms with Gasteiger partial charge in [0.2, 0.25) is 5.91 Å². The van der Waals surface area contributed by atoms with Gasteiger partial charge in [-0.15, -0.1) is 0 Å². The van der Waals surface area contributed by atoms with Crippen LogP contribution in [0.5, 0.6) is 11.5 Å².